The van der Waals surface area contributed by atoms with Crippen molar-refractivity contribution >= 4 is 11.5 Å². The van der Waals surface area contributed by atoms with Crippen molar-refractivity contribution in [3.63, 3.8) is 0 Å². The average Bonchev–Trinajstić information content (AvgIpc) is 2.69. The van der Waals surface area contributed by atoms with Crippen LogP contribution in [0.1, 0.15) is 32.1 Å². The Balaban J connectivity index is 1.78. The van der Waals surface area contributed by atoms with Crippen LogP contribution in [0.25, 0.3) is 0 Å². The first-order valence-corrected chi connectivity index (χ1v) is 8.91. The van der Waals surface area contributed by atoms with Crippen LogP contribution in [0.3, 0.4) is 0 Å². The highest BCUT2D eigenvalue weighted by Crippen LogP contribution is 2.37. The van der Waals surface area contributed by atoms with Crippen LogP contribution in [-0.2, 0) is 0 Å². The van der Waals surface area contributed by atoms with Gasteiger partial charge in [0.15, 0.2) is 11.5 Å². The Bertz CT molecular complexity index is 838. The molecule has 0 amide bonds. The standard InChI is InChI=1S/C19H22N4O4/c1-26-15-9-5-6-10-16(15)27-19-17(23(24)25)18(21-13-22-19)20-12-11-14-7-3-2-4-8-14/h5-7,9-10,13H,2-4,8,11-12H2,1H3,(H,20,21,22). The molecule has 0 radical (unpaired) electrons. The van der Waals surface area contributed by atoms with E-state index in [2.05, 4.69) is 21.4 Å². The number of rotatable bonds is 8. The molecule has 0 fully saturated rings. The zero-order chi connectivity index (χ0) is 19.1. The summed E-state index contributed by atoms with van der Waals surface area (Å²) in [6.45, 7) is 0.567. The van der Waals surface area contributed by atoms with Gasteiger partial charge < -0.3 is 14.8 Å². The van der Waals surface area contributed by atoms with E-state index >= 15 is 0 Å². The Labute approximate surface area is 157 Å². The van der Waals surface area contributed by atoms with E-state index in [4.69, 9.17) is 9.47 Å². The SMILES string of the molecule is COc1ccccc1Oc1ncnc(NCCC2=CCCCC2)c1[N+](=O)[O-]. The topological polar surface area (TPSA) is 99.4 Å². The number of hydrogen-bond donors (Lipinski definition) is 1. The van der Waals surface area contributed by atoms with E-state index in [0.29, 0.717) is 18.0 Å². The van der Waals surface area contributed by atoms with Gasteiger partial charge >= 0.3 is 11.6 Å². The van der Waals surface area contributed by atoms with Crippen LogP contribution in [-0.4, -0.2) is 28.5 Å². The Morgan fingerprint density at radius 1 is 1.22 bits per heavy atom. The molecule has 27 heavy (non-hydrogen) atoms. The lowest BCUT2D eigenvalue weighted by Gasteiger charge is -2.14. The van der Waals surface area contributed by atoms with E-state index in [1.165, 1.54) is 31.9 Å². The molecule has 1 aliphatic rings. The normalized spacial score (nSPS) is 13.6. The van der Waals surface area contributed by atoms with Crippen molar-refractivity contribution in [3.05, 3.63) is 52.4 Å². The van der Waals surface area contributed by atoms with Crippen molar-refractivity contribution in [2.24, 2.45) is 0 Å². The maximum Gasteiger partial charge on any atom is 0.373 e. The maximum atomic E-state index is 11.6. The van der Waals surface area contributed by atoms with Crippen molar-refractivity contribution in [2.75, 3.05) is 19.0 Å². The van der Waals surface area contributed by atoms with E-state index in [0.717, 1.165) is 19.3 Å². The van der Waals surface area contributed by atoms with Gasteiger partial charge in [-0.3, -0.25) is 10.1 Å². The van der Waals surface area contributed by atoms with Crippen LogP contribution < -0.4 is 14.8 Å². The van der Waals surface area contributed by atoms with Gasteiger partial charge in [-0.1, -0.05) is 23.8 Å². The number of ether oxygens (including phenoxy) is 2. The molecule has 1 aromatic heterocycles. The lowest BCUT2D eigenvalue weighted by molar-refractivity contribution is -0.385. The minimum absolute atomic E-state index is 0.126. The van der Waals surface area contributed by atoms with Crippen molar-refractivity contribution in [1.29, 1.82) is 0 Å². The predicted octanol–water partition coefficient (Wildman–Crippen LogP) is 4.49. The number of nitro groups is 1. The second kappa shape index (κ2) is 8.98. The van der Waals surface area contributed by atoms with Crippen LogP contribution in [0.5, 0.6) is 17.4 Å². The largest absolute Gasteiger partial charge is 0.493 e. The summed E-state index contributed by atoms with van der Waals surface area (Å²) in [6.07, 6.45) is 8.99. The number of aromatic nitrogens is 2. The molecule has 0 atom stereocenters. The summed E-state index contributed by atoms with van der Waals surface area (Å²) in [5.41, 5.74) is 1.09. The number of anilines is 1. The molecule has 0 unspecified atom stereocenters. The highest BCUT2D eigenvalue weighted by Gasteiger charge is 2.25. The molecule has 1 heterocycles. The molecule has 1 N–H and O–H groups in total. The second-order valence-corrected chi connectivity index (χ2v) is 6.17. The number of nitrogens with zero attached hydrogens (tertiary/aromatic N) is 3. The molecule has 0 spiro atoms. The second-order valence-electron chi connectivity index (χ2n) is 6.17. The van der Waals surface area contributed by atoms with Gasteiger partial charge in [-0.05, 0) is 44.2 Å². The fourth-order valence-corrected chi connectivity index (χ4v) is 3.01. The van der Waals surface area contributed by atoms with Gasteiger partial charge in [0.2, 0.25) is 5.82 Å². The van der Waals surface area contributed by atoms with E-state index in [1.54, 1.807) is 24.3 Å². The van der Waals surface area contributed by atoms with Gasteiger partial charge in [0.25, 0.3) is 0 Å². The molecule has 8 heteroatoms. The van der Waals surface area contributed by atoms with Gasteiger partial charge in [0.1, 0.15) is 6.33 Å². The van der Waals surface area contributed by atoms with Gasteiger partial charge in [0.05, 0.1) is 12.0 Å². The molecule has 0 saturated carbocycles. The van der Waals surface area contributed by atoms with E-state index < -0.39 is 4.92 Å². The lowest BCUT2D eigenvalue weighted by Crippen LogP contribution is -2.09. The summed E-state index contributed by atoms with van der Waals surface area (Å²) in [6, 6.07) is 6.90. The number of methoxy groups -OCH3 is 1. The Morgan fingerprint density at radius 2 is 2.04 bits per heavy atom. The van der Waals surface area contributed by atoms with Gasteiger partial charge in [0, 0.05) is 6.54 Å². The number of benzene rings is 1. The van der Waals surface area contributed by atoms with Crippen LogP contribution in [0.2, 0.25) is 0 Å². The Morgan fingerprint density at radius 3 is 2.74 bits per heavy atom. The fraction of sp³-hybridized carbons (Fsp3) is 0.368. The van der Waals surface area contributed by atoms with Crippen LogP contribution in [0, 0.1) is 10.1 Å². The third kappa shape index (κ3) is 4.72. The molecular weight excluding hydrogens is 348 g/mol. The summed E-state index contributed by atoms with van der Waals surface area (Å²) >= 11 is 0. The first-order valence-electron chi connectivity index (χ1n) is 8.91. The Hall–Kier alpha value is -3.16. The smallest absolute Gasteiger partial charge is 0.373 e. The molecule has 0 aliphatic heterocycles. The molecule has 1 aromatic carbocycles. The predicted molar refractivity (Wildman–Crippen MR) is 101 cm³/mol. The lowest BCUT2D eigenvalue weighted by atomic mass is 9.97. The first-order chi connectivity index (χ1) is 13.2. The third-order valence-corrected chi connectivity index (χ3v) is 4.37. The van der Waals surface area contributed by atoms with E-state index in [9.17, 15) is 10.1 Å². The third-order valence-electron chi connectivity index (χ3n) is 4.37. The highest BCUT2D eigenvalue weighted by molar-refractivity contribution is 5.62. The average molecular weight is 370 g/mol. The molecule has 8 nitrogen and oxygen atoms in total. The molecule has 142 valence electrons. The van der Waals surface area contributed by atoms with E-state index in [1.807, 2.05) is 0 Å². The molecule has 2 aromatic rings. The first kappa shape index (κ1) is 18.6. The number of hydrogen-bond acceptors (Lipinski definition) is 7. The summed E-state index contributed by atoms with van der Waals surface area (Å²) in [4.78, 5) is 19.1. The van der Waals surface area contributed by atoms with Crippen molar-refractivity contribution in [1.82, 2.24) is 9.97 Å². The summed E-state index contributed by atoms with van der Waals surface area (Å²) in [5, 5.41) is 14.7. The van der Waals surface area contributed by atoms with Crippen LogP contribution in [0.4, 0.5) is 11.5 Å². The highest BCUT2D eigenvalue weighted by atomic mass is 16.6. The van der Waals surface area contributed by atoms with Gasteiger partial charge in [-0.25, -0.2) is 4.98 Å². The van der Waals surface area contributed by atoms with Crippen LogP contribution in [0.15, 0.2) is 42.2 Å². The monoisotopic (exact) mass is 370 g/mol. The van der Waals surface area contributed by atoms with Gasteiger partial charge in [-0.2, -0.15) is 4.98 Å². The number of allylic oxidation sites excluding steroid dienone is 1. The fourth-order valence-electron chi connectivity index (χ4n) is 3.01. The molecule has 1 aliphatic carbocycles. The Kier molecular flexibility index (Phi) is 6.19. The molecule has 0 bridgehead atoms. The molecule has 3 rings (SSSR count). The quantitative estimate of drug-likeness (QED) is 0.415. The van der Waals surface area contributed by atoms with Crippen molar-refractivity contribution in [3.8, 4) is 17.4 Å². The maximum absolute atomic E-state index is 11.6. The van der Waals surface area contributed by atoms with Crippen molar-refractivity contribution < 1.29 is 14.4 Å². The minimum atomic E-state index is -0.535. The minimum Gasteiger partial charge on any atom is -0.493 e. The van der Waals surface area contributed by atoms with E-state index in [-0.39, 0.29) is 17.4 Å². The van der Waals surface area contributed by atoms with Crippen LogP contribution >= 0.6 is 0 Å². The number of para-hydroxylation sites is 2. The van der Waals surface area contributed by atoms with Gasteiger partial charge in [-0.15, -0.1) is 0 Å². The summed E-state index contributed by atoms with van der Waals surface area (Å²) in [5.74, 6) is 0.833. The zero-order valence-electron chi connectivity index (χ0n) is 15.2. The summed E-state index contributed by atoms with van der Waals surface area (Å²) < 4.78 is 10.9. The number of nitrogens with one attached hydrogen (secondary N) is 1. The zero-order valence-corrected chi connectivity index (χ0v) is 15.2. The molecular formula is C19H22N4O4. The van der Waals surface area contributed by atoms with Crippen molar-refractivity contribution in [2.45, 2.75) is 32.1 Å². The molecule has 0 saturated heterocycles. The summed E-state index contributed by atoms with van der Waals surface area (Å²) in [7, 11) is 1.50.